The Bertz CT molecular complexity index is 516. The molecule has 0 aromatic carbocycles. The summed E-state index contributed by atoms with van der Waals surface area (Å²) < 4.78 is 11.8. The molecule has 2 atom stereocenters. The molecule has 1 aromatic heterocycles. The van der Waals surface area contributed by atoms with Crippen molar-refractivity contribution in [3.8, 4) is 0 Å². The molecule has 0 saturated carbocycles. The molecule has 2 saturated heterocycles. The number of amides is 1. The number of fused-ring (bicyclic) bond motifs is 1. The lowest BCUT2D eigenvalue weighted by Gasteiger charge is -2.50. The first-order chi connectivity index (χ1) is 10.7. The van der Waals surface area contributed by atoms with Gasteiger partial charge in [-0.15, -0.1) is 17.9 Å². The van der Waals surface area contributed by atoms with Crippen molar-refractivity contribution in [1.82, 2.24) is 4.90 Å². The Morgan fingerprint density at radius 3 is 3.32 bits per heavy atom. The Hall–Kier alpha value is -1.17. The average Bonchev–Trinajstić information content (AvgIpc) is 3.08. The highest BCUT2D eigenvalue weighted by Gasteiger charge is 2.47. The smallest absolute Gasteiger partial charge is 0.263 e. The van der Waals surface area contributed by atoms with Crippen LogP contribution < -0.4 is 0 Å². The number of hydrogen-bond donors (Lipinski definition) is 0. The number of rotatable bonds is 5. The van der Waals surface area contributed by atoms with E-state index >= 15 is 0 Å². The number of hydrogen-bond acceptors (Lipinski definition) is 4. The van der Waals surface area contributed by atoms with E-state index in [4.69, 9.17) is 9.47 Å². The Morgan fingerprint density at radius 1 is 1.64 bits per heavy atom. The van der Waals surface area contributed by atoms with Gasteiger partial charge in [0.1, 0.15) is 0 Å². The summed E-state index contributed by atoms with van der Waals surface area (Å²) >= 11 is 1.51. The zero-order valence-corrected chi connectivity index (χ0v) is 13.6. The van der Waals surface area contributed by atoms with Crippen LogP contribution in [0.15, 0.2) is 30.2 Å². The van der Waals surface area contributed by atoms with E-state index in [0.29, 0.717) is 13.2 Å². The van der Waals surface area contributed by atoms with Crippen molar-refractivity contribution in [3.63, 3.8) is 0 Å². The molecule has 4 nitrogen and oxygen atoms in total. The van der Waals surface area contributed by atoms with E-state index in [9.17, 15) is 4.79 Å². The number of likely N-dealkylation sites (tertiary alicyclic amines) is 1. The zero-order valence-electron chi connectivity index (χ0n) is 12.8. The van der Waals surface area contributed by atoms with Gasteiger partial charge >= 0.3 is 0 Å². The highest BCUT2D eigenvalue weighted by atomic mass is 32.1. The third-order valence-corrected chi connectivity index (χ3v) is 5.49. The molecule has 0 unspecified atom stereocenters. The molecule has 2 aliphatic rings. The minimum absolute atomic E-state index is 0.0631. The van der Waals surface area contributed by atoms with Crippen molar-refractivity contribution in [1.29, 1.82) is 0 Å². The van der Waals surface area contributed by atoms with E-state index in [1.165, 1.54) is 11.3 Å². The predicted molar refractivity (Wildman–Crippen MR) is 87.3 cm³/mol. The van der Waals surface area contributed by atoms with Gasteiger partial charge in [-0.3, -0.25) is 4.79 Å². The molecule has 0 radical (unpaired) electrons. The third kappa shape index (κ3) is 3.12. The molecule has 3 rings (SSSR count). The van der Waals surface area contributed by atoms with Gasteiger partial charge in [0.05, 0.1) is 24.2 Å². The van der Waals surface area contributed by atoms with Crippen LogP contribution in [0, 0.1) is 5.41 Å². The van der Waals surface area contributed by atoms with Gasteiger partial charge in [-0.05, 0) is 30.7 Å². The fourth-order valence-corrected chi connectivity index (χ4v) is 4.27. The molecule has 0 N–H and O–H groups in total. The lowest BCUT2D eigenvalue weighted by Crippen LogP contribution is -2.58. The molecule has 2 aliphatic heterocycles. The summed E-state index contributed by atoms with van der Waals surface area (Å²) in [4.78, 5) is 15.4. The number of ether oxygens (including phenoxy) is 2. The molecule has 22 heavy (non-hydrogen) atoms. The van der Waals surface area contributed by atoms with E-state index < -0.39 is 0 Å². The maximum absolute atomic E-state index is 12.6. The van der Waals surface area contributed by atoms with Gasteiger partial charge in [0.25, 0.3) is 5.91 Å². The fourth-order valence-electron chi connectivity index (χ4n) is 3.58. The summed E-state index contributed by atoms with van der Waals surface area (Å²) in [6, 6.07) is 3.83. The number of carbonyl (C=O) groups is 1. The normalized spacial score (nSPS) is 28.2. The number of carbonyl (C=O) groups excluding carboxylic acids is 1. The van der Waals surface area contributed by atoms with Crippen LogP contribution in [0.3, 0.4) is 0 Å². The second kappa shape index (κ2) is 6.94. The van der Waals surface area contributed by atoms with E-state index in [1.807, 2.05) is 22.4 Å². The SMILES string of the molecule is C=CCOC[C@]12CCCO[C@@H]1CCN(C(=O)c1cccs1)C2. The number of nitrogens with zero attached hydrogens (tertiary/aromatic N) is 1. The van der Waals surface area contributed by atoms with E-state index in [-0.39, 0.29) is 17.4 Å². The van der Waals surface area contributed by atoms with Crippen LogP contribution in [0.25, 0.3) is 0 Å². The van der Waals surface area contributed by atoms with Gasteiger partial charge < -0.3 is 14.4 Å². The summed E-state index contributed by atoms with van der Waals surface area (Å²) in [5, 5.41) is 1.95. The largest absolute Gasteiger partial charge is 0.377 e. The molecule has 1 amide bonds. The van der Waals surface area contributed by atoms with Crippen molar-refractivity contribution in [2.75, 3.05) is 32.9 Å². The van der Waals surface area contributed by atoms with Crippen LogP contribution in [0.5, 0.6) is 0 Å². The summed E-state index contributed by atoms with van der Waals surface area (Å²) in [6.45, 7) is 7.21. The second-order valence-corrected chi connectivity index (χ2v) is 7.07. The van der Waals surface area contributed by atoms with Gasteiger partial charge in [-0.2, -0.15) is 0 Å². The molecule has 5 heteroatoms. The highest BCUT2D eigenvalue weighted by molar-refractivity contribution is 7.12. The monoisotopic (exact) mass is 321 g/mol. The topological polar surface area (TPSA) is 38.8 Å². The minimum atomic E-state index is -0.0631. The van der Waals surface area contributed by atoms with Crippen LogP contribution in [0.2, 0.25) is 0 Å². The van der Waals surface area contributed by atoms with Gasteiger partial charge in [0.15, 0.2) is 0 Å². The van der Waals surface area contributed by atoms with Crippen LogP contribution in [0.1, 0.15) is 28.9 Å². The molecule has 0 bridgehead atoms. The first-order valence-electron chi connectivity index (χ1n) is 7.88. The Morgan fingerprint density at radius 2 is 2.55 bits per heavy atom. The quantitative estimate of drug-likeness (QED) is 0.618. The minimum Gasteiger partial charge on any atom is -0.377 e. The first-order valence-corrected chi connectivity index (χ1v) is 8.76. The standard InChI is InChI=1S/C17H23NO3S/c1-2-9-20-13-17-7-4-10-21-15(17)6-8-18(12-17)16(19)14-5-3-11-22-14/h2-3,5,11,15H,1,4,6-10,12-13H2/t15-,17-/m1/s1. The van der Waals surface area contributed by atoms with Gasteiger partial charge in [-0.25, -0.2) is 0 Å². The first kappa shape index (κ1) is 15.7. The summed E-state index contributed by atoms with van der Waals surface area (Å²) in [7, 11) is 0. The van der Waals surface area contributed by atoms with Crippen LogP contribution >= 0.6 is 11.3 Å². The molecule has 0 aliphatic carbocycles. The molecule has 2 fully saturated rings. The highest BCUT2D eigenvalue weighted by Crippen LogP contribution is 2.41. The molecule has 0 spiro atoms. The second-order valence-electron chi connectivity index (χ2n) is 6.12. The Labute approximate surface area is 135 Å². The van der Waals surface area contributed by atoms with Gasteiger partial charge in [-0.1, -0.05) is 12.1 Å². The maximum atomic E-state index is 12.6. The van der Waals surface area contributed by atoms with Crippen molar-refractivity contribution in [3.05, 3.63) is 35.0 Å². The van der Waals surface area contributed by atoms with Crippen molar-refractivity contribution < 1.29 is 14.3 Å². The van der Waals surface area contributed by atoms with Crippen LogP contribution in [0.4, 0.5) is 0 Å². The summed E-state index contributed by atoms with van der Waals surface area (Å²) in [6.07, 6.45) is 4.97. The third-order valence-electron chi connectivity index (χ3n) is 4.63. The zero-order chi connectivity index (χ0) is 15.4. The van der Waals surface area contributed by atoms with Gasteiger partial charge in [0, 0.05) is 25.1 Å². The van der Waals surface area contributed by atoms with E-state index in [0.717, 1.165) is 43.8 Å². The van der Waals surface area contributed by atoms with Crippen LogP contribution in [-0.4, -0.2) is 49.8 Å². The fraction of sp³-hybridized carbons (Fsp3) is 0.588. The summed E-state index contributed by atoms with van der Waals surface area (Å²) in [5.41, 5.74) is -0.0631. The Balaban J connectivity index is 1.74. The lowest BCUT2D eigenvalue weighted by molar-refractivity contribution is -0.144. The van der Waals surface area contributed by atoms with Crippen molar-refractivity contribution >= 4 is 17.2 Å². The predicted octanol–water partition coefficient (Wildman–Crippen LogP) is 2.96. The van der Waals surface area contributed by atoms with Gasteiger partial charge in [0.2, 0.25) is 0 Å². The molecule has 120 valence electrons. The van der Waals surface area contributed by atoms with Crippen molar-refractivity contribution in [2.24, 2.45) is 5.41 Å². The molecule has 3 heterocycles. The van der Waals surface area contributed by atoms with Crippen LogP contribution in [-0.2, 0) is 9.47 Å². The molecule has 1 aromatic rings. The lowest BCUT2D eigenvalue weighted by atomic mass is 9.73. The van der Waals surface area contributed by atoms with E-state index in [1.54, 1.807) is 6.08 Å². The number of piperidine rings is 1. The van der Waals surface area contributed by atoms with Crippen molar-refractivity contribution in [2.45, 2.75) is 25.4 Å². The number of thiophene rings is 1. The average molecular weight is 321 g/mol. The molecular weight excluding hydrogens is 298 g/mol. The summed E-state index contributed by atoms with van der Waals surface area (Å²) in [5.74, 6) is 0.141. The molecular formula is C17H23NO3S. The maximum Gasteiger partial charge on any atom is 0.263 e. The Kier molecular flexibility index (Phi) is 4.96. The van der Waals surface area contributed by atoms with E-state index in [2.05, 4.69) is 6.58 Å².